The first-order chi connectivity index (χ1) is 61.3. The van der Waals surface area contributed by atoms with Crippen LogP contribution >= 0.6 is 0 Å². The van der Waals surface area contributed by atoms with Crippen LogP contribution in [0, 0.1) is 84.7 Å². The van der Waals surface area contributed by atoms with Crippen LogP contribution < -0.4 is 38.5 Å². The second kappa shape index (κ2) is 90.3. The molecule has 6 amide bonds. The van der Waals surface area contributed by atoms with Gasteiger partial charge in [0.15, 0.2) is 0 Å². The van der Waals surface area contributed by atoms with E-state index in [0.717, 1.165) is 70.6 Å². The number of amides is 6. The number of carbonyl (C=O) groups excluding carboxylic acids is 12. The summed E-state index contributed by atoms with van der Waals surface area (Å²) in [5, 5.41) is 85.7. The number of nitrogens with two attached hydrogens (primary N) is 3. The molecule has 39 heteroatoms. The van der Waals surface area contributed by atoms with Gasteiger partial charge in [0.05, 0.1) is 108 Å². The summed E-state index contributed by atoms with van der Waals surface area (Å²) in [5.74, 6) is -2.93. The van der Waals surface area contributed by atoms with Gasteiger partial charge in [-0.15, -0.1) is 0 Å². The largest absolute Gasteiger partial charge is 0.481 e. The van der Waals surface area contributed by atoms with Crippen molar-refractivity contribution in [3.8, 4) is 6.07 Å². The number of ether oxygens (including phenoxy) is 6. The second-order valence-corrected chi connectivity index (χ2v) is 37.6. The van der Waals surface area contributed by atoms with Gasteiger partial charge in [-0.3, -0.25) is 66.9 Å². The Balaban J connectivity index is -0.000000108. The molecule has 0 aromatic rings. The minimum absolute atomic E-state index is 0.0160. The lowest BCUT2D eigenvalue weighted by atomic mass is 9.91. The van der Waals surface area contributed by atoms with Crippen LogP contribution in [0.1, 0.15) is 332 Å². The lowest BCUT2D eigenvalue weighted by molar-refractivity contribution is -0.155. The maximum atomic E-state index is 11.5. The molecule has 6 unspecified atom stereocenters. The molecule has 0 bridgehead atoms. The predicted octanol–water partition coefficient (Wildman–Crippen LogP) is 10.4. The molecule has 38 nitrogen and oxygen atoms in total. The molecule has 0 aromatic carbocycles. The Bertz CT molecular complexity index is 2950. The summed E-state index contributed by atoms with van der Waals surface area (Å²) >= 11 is 0. The molecule has 0 radical (unpaired) electrons. The Morgan fingerprint density at radius 2 is 0.522 bits per heavy atom. The van der Waals surface area contributed by atoms with Crippen LogP contribution in [-0.4, -0.2) is 254 Å². The van der Waals surface area contributed by atoms with E-state index in [9.17, 15) is 70.7 Å². The van der Waals surface area contributed by atoms with E-state index in [1.807, 2.05) is 214 Å². The fourth-order valence-electron chi connectivity index (χ4n) is 6.24. The van der Waals surface area contributed by atoms with Crippen LogP contribution in [0.4, 0.5) is 0 Å². The van der Waals surface area contributed by atoms with Gasteiger partial charge in [0.2, 0.25) is 35.4 Å². The first-order valence-corrected chi connectivity index (χ1v) is 48.3. The molecule has 0 aliphatic carbocycles. The lowest BCUT2D eigenvalue weighted by Crippen LogP contribution is -2.49. The number of carboxylic acid groups (broad SMARTS) is 1. The maximum Gasteiger partial charge on any atom is 0.311 e. The number of carboxylic acids is 1. The van der Waals surface area contributed by atoms with Crippen LogP contribution in [0.25, 0.3) is 0 Å². The van der Waals surface area contributed by atoms with E-state index < -0.39 is 65.3 Å². The molecule has 6 atom stereocenters. The molecule has 19 N–H and O–H groups in total. The van der Waals surface area contributed by atoms with E-state index in [-0.39, 0.29) is 199 Å². The topological polar surface area (TPSA) is 643 Å². The predicted molar refractivity (Wildman–Crippen MR) is 524 cm³/mol. The molecular formula is C95H194N8O30S. The van der Waals surface area contributed by atoms with Gasteiger partial charge in [-0.25, -0.2) is 0 Å². The first kappa shape index (κ1) is 154. The van der Waals surface area contributed by atoms with Gasteiger partial charge in [-0.1, -0.05) is 132 Å². The summed E-state index contributed by atoms with van der Waals surface area (Å²) < 4.78 is 58.7. The molecule has 0 rings (SSSR count). The number of nitrogens with zero attached hydrogens (tertiary/aromatic N) is 1. The van der Waals surface area contributed by atoms with Crippen molar-refractivity contribution < 1.29 is 145 Å². The van der Waals surface area contributed by atoms with E-state index in [1.54, 1.807) is 34.6 Å². The number of nitriles is 1. The van der Waals surface area contributed by atoms with Crippen molar-refractivity contribution in [2.75, 3.05) is 118 Å². The van der Waals surface area contributed by atoms with E-state index in [2.05, 4.69) is 21.3 Å². The van der Waals surface area contributed by atoms with Gasteiger partial charge in [-0.2, -0.15) is 13.7 Å². The average Bonchev–Trinajstić information content (AvgIpc) is 0.642. The minimum Gasteiger partial charge on any atom is -0.481 e. The normalized spacial score (nSPS) is 12.1. The van der Waals surface area contributed by atoms with Crippen molar-refractivity contribution in [2.24, 2.45) is 90.6 Å². The standard InChI is InChI=1S/C9H19NO4S.C9H15NO2.5C8H16O3.C7H16N2O.2C7H15NO2.C6H12O2.2C5H11NO/c1-5-7(2)8(11)10-9(3,4)6-15(12,13)14;1-4-9(2,3)8(11)12-7-5-6-10;5*1-4-8(2,3)7(10)11-6-5-9;1-3-6(2)7(10)9-5-4-8;2*1-3-6(2)7(10)8-4-5-9;1-4-6(2,3)5(7)8;2*1-3-4(2)5(6)7/h7H,5-6H2,1-4H3,(H,10,11)(H,12,13,14);4-5,7H2,1-3H3;5*9H,4-6H2,1-3H3;6H,3-5,8H2,1-2H3,(H,9,10);2*6,9H,3-5H2,1-2H3,(H,8,10);4H2,1-3H3,(H,7,8);2*4H,3H2,1-2H3,(H2,6,7). The van der Waals surface area contributed by atoms with Gasteiger partial charge in [0, 0.05) is 61.7 Å². The van der Waals surface area contributed by atoms with E-state index in [0.29, 0.717) is 39.0 Å². The zero-order chi connectivity index (χ0) is 109. The number of hydrogen-bond donors (Lipinski definition) is 16. The number of nitrogens with one attached hydrogen (secondary N) is 4. The number of primary amides is 2. The Morgan fingerprint density at radius 1 is 0.328 bits per heavy atom. The quantitative estimate of drug-likeness (QED) is 0.0116. The number of aliphatic carboxylic acids is 1. The van der Waals surface area contributed by atoms with Crippen LogP contribution in [0.2, 0.25) is 0 Å². The zero-order valence-electron chi connectivity index (χ0n) is 89.3. The Kier molecular flexibility index (Phi) is 104. The highest BCUT2D eigenvalue weighted by molar-refractivity contribution is 7.85. The molecule has 0 aliphatic heterocycles. The molecule has 0 aliphatic rings. The second-order valence-electron chi connectivity index (χ2n) is 36.2. The number of rotatable bonds is 47. The van der Waals surface area contributed by atoms with E-state index in [4.69, 9.17) is 96.3 Å². The number of esters is 6. The van der Waals surface area contributed by atoms with Gasteiger partial charge < -0.3 is 108 Å². The number of aliphatic hydroxyl groups excluding tert-OH is 7. The summed E-state index contributed by atoms with van der Waals surface area (Å²) in [4.78, 5) is 142. The highest BCUT2D eigenvalue weighted by Crippen LogP contribution is 2.26. The van der Waals surface area contributed by atoms with Crippen molar-refractivity contribution in [3.63, 3.8) is 0 Å². The molecule has 134 heavy (non-hydrogen) atoms. The summed E-state index contributed by atoms with van der Waals surface area (Å²) in [5.41, 5.74) is 11.0. The fraction of sp³-hybridized carbons (Fsp3) is 0.853. The van der Waals surface area contributed by atoms with Crippen molar-refractivity contribution in [1.82, 2.24) is 21.3 Å². The minimum atomic E-state index is -4.07. The Morgan fingerprint density at radius 3 is 0.657 bits per heavy atom. The molecule has 0 fully saturated rings. The van der Waals surface area contributed by atoms with Crippen LogP contribution in [0.3, 0.4) is 0 Å². The van der Waals surface area contributed by atoms with Crippen LogP contribution in [0.15, 0.2) is 0 Å². The van der Waals surface area contributed by atoms with Crippen molar-refractivity contribution in [3.05, 3.63) is 0 Å². The average molecular weight is 1960 g/mol. The molecular weight excluding hydrogens is 1770 g/mol. The summed E-state index contributed by atoms with van der Waals surface area (Å²) in [6.07, 6.45) is 10.4. The van der Waals surface area contributed by atoms with Gasteiger partial charge in [0.25, 0.3) is 10.1 Å². The van der Waals surface area contributed by atoms with Gasteiger partial charge in [-0.05, 0) is 194 Å². The van der Waals surface area contributed by atoms with Gasteiger partial charge >= 0.3 is 41.8 Å². The highest BCUT2D eigenvalue weighted by atomic mass is 32.2. The van der Waals surface area contributed by atoms with Crippen LogP contribution in [0.5, 0.6) is 0 Å². The third kappa shape index (κ3) is 97.3. The monoisotopic (exact) mass is 1960 g/mol. The van der Waals surface area contributed by atoms with Gasteiger partial charge in [0.1, 0.15) is 39.6 Å². The number of aliphatic hydroxyl groups is 7. The summed E-state index contributed by atoms with van der Waals surface area (Å²) in [6, 6.07) is 1.92. The third-order valence-electron chi connectivity index (χ3n) is 20.9. The first-order valence-electron chi connectivity index (χ1n) is 46.6. The molecule has 0 saturated carbocycles. The maximum absolute atomic E-state index is 11.5. The van der Waals surface area contributed by atoms with Crippen molar-refractivity contribution in [2.45, 2.75) is 338 Å². The molecule has 0 spiro atoms. The highest BCUT2D eigenvalue weighted by Gasteiger charge is 2.33. The SMILES string of the molecule is CCC(C)(C)C(=O)O.CCC(C)(C)C(=O)OCCC#N.CCC(C)(C)C(=O)OCCO.CCC(C)(C)C(=O)OCCO.CCC(C)(C)C(=O)OCCO.CCC(C)(C)C(=O)OCCO.CCC(C)(C)C(=O)OCCO.CCC(C)C(=O)NC(C)(C)CS(=O)(=O)O.CCC(C)C(=O)NCCN.CCC(C)C(=O)NCCO.CCC(C)C(=O)NCCO.CCC(C)C(N)=O.CCC(C)C(N)=O. The summed E-state index contributed by atoms with van der Waals surface area (Å²) in [6.45, 7) is 66.7. The Hall–Kier alpha value is -7.81. The van der Waals surface area contributed by atoms with Crippen molar-refractivity contribution in [1.29, 1.82) is 5.26 Å². The van der Waals surface area contributed by atoms with Crippen molar-refractivity contribution >= 4 is 87.3 Å². The van der Waals surface area contributed by atoms with E-state index >= 15 is 0 Å². The Labute approximate surface area is 806 Å². The van der Waals surface area contributed by atoms with E-state index in [1.165, 1.54) is 0 Å². The number of carbonyl (C=O) groups is 13. The number of hydrogen-bond acceptors (Lipinski definition) is 30. The summed E-state index contributed by atoms with van der Waals surface area (Å²) in [7, 11) is -4.07. The molecule has 0 heterocycles. The molecule has 0 aromatic heterocycles. The lowest BCUT2D eigenvalue weighted by Gasteiger charge is -2.26. The smallest absolute Gasteiger partial charge is 0.311 e. The zero-order valence-corrected chi connectivity index (χ0v) is 90.1. The fourth-order valence-corrected chi connectivity index (χ4v) is 7.22. The van der Waals surface area contributed by atoms with Crippen LogP contribution in [-0.2, 0) is 101 Å². The third-order valence-corrected chi connectivity index (χ3v) is 21.9. The molecule has 800 valence electrons. The molecule has 0 saturated heterocycles.